The third-order valence-electron chi connectivity index (χ3n) is 5.28. The van der Waals surface area contributed by atoms with Crippen molar-refractivity contribution in [3.63, 3.8) is 0 Å². The third kappa shape index (κ3) is 3.06. The molecular weight excluding hydrogens is 272 g/mol. The van der Waals surface area contributed by atoms with Gasteiger partial charge in [0.05, 0.1) is 25.1 Å². The molecule has 2 rings (SSSR count). The molecule has 0 saturated carbocycles. The first-order valence-corrected chi connectivity index (χ1v) is 7.93. The predicted molar refractivity (Wildman–Crippen MR) is 77.9 cm³/mol. The van der Waals surface area contributed by atoms with E-state index in [1.54, 1.807) is 6.92 Å². The first-order chi connectivity index (χ1) is 9.94. The van der Waals surface area contributed by atoms with E-state index in [2.05, 4.69) is 5.32 Å². The summed E-state index contributed by atoms with van der Waals surface area (Å²) in [6.07, 6.45) is 2.21. The van der Waals surface area contributed by atoms with Gasteiger partial charge in [0.15, 0.2) is 0 Å². The van der Waals surface area contributed by atoms with Crippen molar-refractivity contribution < 1.29 is 23.9 Å². The lowest BCUT2D eigenvalue weighted by atomic mass is 9.78. The lowest BCUT2D eigenvalue weighted by Gasteiger charge is -2.47. The van der Waals surface area contributed by atoms with Crippen LogP contribution in [-0.2, 0) is 9.53 Å². The van der Waals surface area contributed by atoms with Crippen LogP contribution in [0.1, 0.15) is 39.5 Å². The fourth-order valence-corrected chi connectivity index (χ4v) is 3.65. The van der Waals surface area contributed by atoms with Crippen LogP contribution in [0.4, 0.5) is 4.79 Å². The molecule has 6 heteroatoms. The maximum Gasteiger partial charge on any atom is 0.513 e. The zero-order valence-corrected chi connectivity index (χ0v) is 13.1. The highest BCUT2D eigenvalue weighted by Gasteiger charge is 2.52. The molecule has 2 heterocycles. The Morgan fingerprint density at radius 2 is 1.86 bits per heavy atom. The number of rotatable bonds is 3. The second-order valence-corrected chi connectivity index (χ2v) is 6.53. The summed E-state index contributed by atoms with van der Waals surface area (Å²) >= 11 is 0. The third-order valence-corrected chi connectivity index (χ3v) is 5.28. The van der Waals surface area contributed by atoms with E-state index in [4.69, 9.17) is 4.74 Å². The lowest BCUT2D eigenvalue weighted by Crippen LogP contribution is -2.65. The fourth-order valence-electron chi connectivity index (χ4n) is 3.65. The highest BCUT2D eigenvalue weighted by Crippen LogP contribution is 2.38. The van der Waals surface area contributed by atoms with Crippen molar-refractivity contribution >= 4 is 12.1 Å². The summed E-state index contributed by atoms with van der Waals surface area (Å²) in [6, 6.07) is 0.162. The molecule has 0 radical (unpaired) electrons. The molecule has 0 unspecified atom stereocenters. The summed E-state index contributed by atoms with van der Waals surface area (Å²) in [5.74, 6) is -0.182. The van der Waals surface area contributed by atoms with Crippen LogP contribution in [0.5, 0.6) is 0 Å². The van der Waals surface area contributed by atoms with E-state index in [-0.39, 0.29) is 16.5 Å². The molecule has 2 aliphatic heterocycles. The number of carboxylic acid groups (broad SMARTS) is 1. The van der Waals surface area contributed by atoms with Crippen molar-refractivity contribution in [1.29, 1.82) is 0 Å². The molecule has 0 aromatic rings. The molecule has 1 amide bonds. The first kappa shape index (κ1) is 16.2. The van der Waals surface area contributed by atoms with Gasteiger partial charge in [-0.25, -0.2) is 4.48 Å². The molecule has 2 aliphatic rings. The van der Waals surface area contributed by atoms with Crippen LogP contribution in [0.25, 0.3) is 0 Å². The van der Waals surface area contributed by atoms with E-state index in [9.17, 15) is 14.7 Å². The summed E-state index contributed by atoms with van der Waals surface area (Å²) in [4.78, 5) is 24.0. The number of piperidine rings is 2. The number of carbonyl (C=O) groups is 2. The Balaban J connectivity index is 2.10. The molecule has 2 fully saturated rings. The molecule has 0 atom stereocenters. The normalized spacial score (nSPS) is 34.4. The standard InChI is InChI=1S/C15H26N2O4/c1-3-21-13(18)15(2)6-10-17(11-7-15,14(19)20)12-4-8-16-9-5-12/h12,16H,3-11H2,1-2H3/p+1. The summed E-state index contributed by atoms with van der Waals surface area (Å²) in [5.41, 5.74) is -0.528. The summed E-state index contributed by atoms with van der Waals surface area (Å²) in [6.45, 7) is 6.90. The number of hydrogen-bond donors (Lipinski definition) is 2. The molecule has 0 bridgehead atoms. The van der Waals surface area contributed by atoms with Gasteiger partial charge >= 0.3 is 12.1 Å². The molecular formula is C15H27N2O4+. The summed E-state index contributed by atoms with van der Waals surface area (Å²) < 4.78 is 5.28. The Morgan fingerprint density at radius 1 is 1.29 bits per heavy atom. The van der Waals surface area contributed by atoms with Crippen LogP contribution < -0.4 is 5.32 Å². The number of hydrogen-bond acceptors (Lipinski definition) is 4. The van der Waals surface area contributed by atoms with Gasteiger partial charge in [-0.2, -0.15) is 4.79 Å². The van der Waals surface area contributed by atoms with Crippen LogP contribution >= 0.6 is 0 Å². The van der Waals surface area contributed by atoms with E-state index < -0.39 is 11.5 Å². The van der Waals surface area contributed by atoms with Gasteiger partial charge in [0.1, 0.15) is 6.04 Å². The topological polar surface area (TPSA) is 75.6 Å². The van der Waals surface area contributed by atoms with Crippen molar-refractivity contribution in [2.75, 3.05) is 32.8 Å². The van der Waals surface area contributed by atoms with Crippen molar-refractivity contribution in [3.8, 4) is 0 Å². The number of likely N-dealkylation sites (tertiary alicyclic amines) is 1. The highest BCUT2D eigenvalue weighted by molar-refractivity contribution is 5.76. The molecule has 0 aliphatic carbocycles. The zero-order valence-electron chi connectivity index (χ0n) is 13.1. The summed E-state index contributed by atoms with van der Waals surface area (Å²) in [5, 5.41) is 13.1. The van der Waals surface area contributed by atoms with E-state index >= 15 is 0 Å². The van der Waals surface area contributed by atoms with E-state index in [1.807, 2.05) is 6.92 Å². The molecule has 6 nitrogen and oxygen atoms in total. The molecule has 0 aromatic heterocycles. The van der Waals surface area contributed by atoms with Gasteiger partial charge in [0, 0.05) is 38.8 Å². The zero-order chi connectivity index (χ0) is 15.5. The van der Waals surface area contributed by atoms with Crippen molar-refractivity contribution in [2.45, 2.75) is 45.6 Å². The second kappa shape index (κ2) is 6.32. The number of quaternary nitrogens is 1. The van der Waals surface area contributed by atoms with Crippen molar-refractivity contribution in [1.82, 2.24) is 5.32 Å². The molecule has 120 valence electrons. The minimum atomic E-state index is -0.743. The lowest BCUT2D eigenvalue weighted by molar-refractivity contribution is -0.890. The van der Waals surface area contributed by atoms with Gasteiger partial charge in [0.25, 0.3) is 0 Å². The van der Waals surface area contributed by atoms with Gasteiger partial charge < -0.3 is 15.2 Å². The molecule has 2 N–H and O–H groups in total. The molecule has 2 saturated heterocycles. The van der Waals surface area contributed by atoms with Gasteiger partial charge in [-0.3, -0.25) is 4.79 Å². The minimum Gasteiger partial charge on any atom is -0.466 e. The number of nitrogens with zero attached hydrogens (tertiary/aromatic N) is 1. The molecule has 21 heavy (non-hydrogen) atoms. The van der Waals surface area contributed by atoms with Gasteiger partial charge in [-0.15, -0.1) is 0 Å². The number of esters is 1. The Bertz CT molecular complexity index is 396. The first-order valence-electron chi connectivity index (χ1n) is 7.93. The van der Waals surface area contributed by atoms with Gasteiger partial charge in [-0.05, 0) is 13.8 Å². The summed E-state index contributed by atoms with van der Waals surface area (Å²) in [7, 11) is 0. The maximum atomic E-state index is 12.1. The number of carbonyl (C=O) groups excluding carboxylic acids is 1. The SMILES string of the molecule is CCOC(=O)C1(C)CC[N+](C(=O)O)(C2CCNCC2)CC1. The maximum absolute atomic E-state index is 12.1. The number of nitrogens with one attached hydrogen (secondary N) is 1. The van der Waals surface area contributed by atoms with Crippen LogP contribution in [0.15, 0.2) is 0 Å². The highest BCUT2D eigenvalue weighted by atomic mass is 16.5. The largest absolute Gasteiger partial charge is 0.513 e. The van der Waals surface area contributed by atoms with Crippen LogP contribution in [0, 0.1) is 5.41 Å². The van der Waals surface area contributed by atoms with Gasteiger partial charge in [-0.1, -0.05) is 0 Å². The van der Waals surface area contributed by atoms with E-state index in [1.165, 1.54) is 0 Å². The van der Waals surface area contributed by atoms with Crippen LogP contribution in [-0.4, -0.2) is 60.5 Å². The monoisotopic (exact) mass is 299 g/mol. The Kier molecular flexibility index (Phi) is 4.88. The van der Waals surface area contributed by atoms with Crippen molar-refractivity contribution in [3.05, 3.63) is 0 Å². The Morgan fingerprint density at radius 3 is 2.33 bits per heavy atom. The van der Waals surface area contributed by atoms with Crippen LogP contribution in [0.3, 0.4) is 0 Å². The van der Waals surface area contributed by atoms with E-state index in [0.717, 1.165) is 25.9 Å². The quantitative estimate of drug-likeness (QED) is 0.611. The second-order valence-electron chi connectivity index (χ2n) is 6.53. The van der Waals surface area contributed by atoms with E-state index in [0.29, 0.717) is 32.5 Å². The van der Waals surface area contributed by atoms with Crippen molar-refractivity contribution in [2.24, 2.45) is 5.41 Å². The molecule has 0 spiro atoms. The Labute approximate surface area is 126 Å². The van der Waals surface area contributed by atoms with Gasteiger partial charge in [0.2, 0.25) is 0 Å². The van der Waals surface area contributed by atoms with Crippen LogP contribution in [0.2, 0.25) is 0 Å². The smallest absolute Gasteiger partial charge is 0.466 e. The minimum absolute atomic E-state index is 0.122. The number of ether oxygens (including phenoxy) is 1. The fraction of sp³-hybridized carbons (Fsp3) is 0.867. The molecule has 0 aromatic carbocycles. The number of amides is 1. The predicted octanol–water partition coefficient (Wildman–Crippen LogP) is 1.60. The Hall–Kier alpha value is -1.14. The average molecular weight is 299 g/mol. The average Bonchev–Trinajstić information content (AvgIpc) is 2.49.